The highest BCUT2D eigenvalue weighted by Gasteiger charge is 2.22. The van der Waals surface area contributed by atoms with Gasteiger partial charge in [-0.2, -0.15) is 0 Å². The van der Waals surface area contributed by atoms with E-state index in [2.05, 4.69) is 26.0 Å². The summed E-state index contributed by atoms with van der Waals surface area (Å²) < 4.78 is 5.82. The quantitative estimate of drug-likeness (QED) is 0.648. The van der Waals surface area contributed by atoms with Crippen molar-refractivity contribution in [3.63, 3.8) is 0 Å². The predicted octanol–water partition coefficient (Wildman–Crippen LogP) is 3.67. The minimum Gasteiger partial charge on any atom is -0.497 e. The van der Waals surface area contributed by atoms with E-state index in [1.807, 2.05) is 0 Å². The van der Waals surface area contributed by atoms with Gasteiger partial charge in [-0.25, -0.2) is 0 Å². The Labute approximate surface area is 86.8 Å². The molecule has 14 heavy (non-hydrogen) atoms. The Morgan fingerprint density at radius 2 is 2.36 bits per heavy atom. The summed E-state index contributed by atoms with van der Waals surface area (Å²) in [5.41, 5.74) is 1.47. The number of hydrogen-bond donors (Lipinski definition) is 0. The highest BCUT2D eigenvalue weighted by molar-refractivity contribution is 5.28. The molecule has 2 aliphatic rings. The van der Waals surface area contributed by atoms with Crippen LogP contribution in [0.2, 0.25) is 0 Å². The zero-order valence-corrected chi connectivity index (χ0v) is 9.25. The lowest BCUT2D eigenvalue weighted by Gasteiger charge is -2.29. The third kappa shape index (κ3) is 2.20. The molecule has 1 heterocycles. The second kappa shape index (κ2) is 4.20. The zero-order valence-electron chi connectivity index (χ0n) is 9.25. The van der Waals surface area contributed by atoms with E-state index < -0.39 is 0 Å². The van der Waals surface area contributed by atoms with Crippen LogP contribution >= 0.6 is 0 Å². The van der Waals surface area contributed by atoms with Crippen LogP contribution in [0.15, 0.2) is 23.5 Å². The summed E-state index contributed by atoms with van der Waals surface area (Å²) in [6.07, 6.45) is 9.37. The fraction of sp³-hybridized carbons (Fsp3) is 0.692. The molecule has 0 bridgehead atoms. The van der Waals surface area contributed by atoms with Crippen LogP contribution in [-0.4, -0.2) is 6.61 Å². The zero-order chi connectivity index (χ0) is 9.97. The van der Waals surface area contributed by atoms with Crippen molar-refractivity contribution in [2.24, 2.45) is 11.8 Å². The summed E-state index contributed by atoms with van der Waals surface area (Å²) >= 11 is 0. The SMILES string of the molecule is CC(C)CC1COC2=C(C=CCC2)C1. The lowest BCUT2D eigenvalue weighted by atomic mass is 9.87. The molecular weight excluding hydrogens is 172 g/mol. The van der Waals surface area contributed by atoms with E-state index in [-0.39, 0.29) is 0 Å². The van der Waals surface area contributed by atoms with Crippen molar-refractivity contribution in [1.82, 2.24) is 0 Å². The van der Waals surface area contributed by atoms with E-state index in [0.29, 0.717) is 0 Å². The molecule has 0 amide bonds. The summed E-state index contributed by atoms with van der Waals surface area (Å²) in [6.45, 7) is 5.53. The van der Waals surface area contributed by atoms with Crippen molar-refractivity contribution in [2.45, 2.75) is 39.5 Å². The van der Waals surface area contributed by atoms with E-state index in [9.17, 15) is 0 Å². The molecule has 0 spiro atoms. The Balaban J connectivity index is 1.98. The van der Waals surface area contributed by atoms with E-state index >= 15 is 0 Å². The molecule has 0 fully saturated rings. The minimum absolute atomic E-state index is 0.747. The third-order valence-corrected chi connectivity index (χ3v) is 3.02. The number of hydrogen-bond acceptors (Lipinski definition) is 1. The molecule has 1 aliphatic carbocycles. The van der Waals surface area contributed by atoms with Crippen molar-refractivity contribution >= 4 is 0 Å². The van der Waals surface area contributed by atoms with Crippen molar-refractivity contribution in [3.8, 4) is 0 Å². The maximum atomic E-state index is 5.82. The van der Waals surface area contributed by atoms with Crippen LogP contribution in [0.25, 0.3) is 0 Å². The predicted molar refractivity (Wildman–Crippen MR) is 58.9 cm³/mol. The normalized spacial score (nSPS) is 26.4. The van der Waals surface area contributed by atoms with Gasteiger partial charge in [0.2, 0.25) is 0 Å². The number of rotatable bonds is 2. The molecule has 0 aromatic rings. The Kier molecular flexibility index (Phi) is 2.95. The van der Waals surface area contributed by atoms with E-state index in [1.54, 1.807) is 0 Å². The Morgan fingerprint density at radius 1 is 1.50 bits per heavy atom. The molecule has 78 valence electrons. The lowest BCUT2D eigenvalue weighted by molar-refractivity contribution is 0.122. The summed E-state index contributed by atoms with van der Waals surface area (Å²) in [6, 6.07) is 0. The van der Waals surface area contributed by atoms with Crippen LogP contribution in [0.3, 0.4) is 0 Å². The van der Waals surface area contributed by atoms with Gasteiger partial charge in [-0.05, 0) is 36.7 Å². The van der Waals surface area contributed by atoms with Crippen molar-refractivity contribution in [1.29, 1.82) is 0 Å². The molecule has 1 aliphatic heterocycles. The number of ether oxygens (including phenoxy) is 1. The van der Waals surface area contributed by atoms with Crippen LogP contribution in [0, 0.1) is 11.8 Å². The first-order valence-corrected chi connectivity index (χ1v) is 5.77. The number of allylic oxidation sites excluding steroid dienone is 4. The monoisotopic (exact) mass is 192 g/mol. The van der Waals surface area contributed by atoms with Gasteiger partial charge in [0.15, 0.2) is 0 Å². The second-order valence-electron chi connectivity index (χ2n) is 4.90. The van der Waals surface area contributed by atoms with Crippen LogP contribution in [0.5, 0.6) is 0 Å². The molecule has 2 rings (SSSR count). The van der Waals surface area contributed by atoms with Gasteiger partial charge in [0.1, 0.15) is 0 Å². The molecule has 1 heteroatoms. The maximum absolute atomic E-state index is 5.82. The Morgan fingerprint density at radius 3 is 3.14 bits per heavy atom. The minimum atomic E-state index is 0.747. The summed E-state index contributed by atoms with van der Waals surface area (Å²) in [5.74, 6) is 2.81. The molecule has 1 unspecified atom stereocenters. The van der Waals surface area contributed by atoms with Crippen LogP contribution in [0.4, 0.5) is 0 Å². The molecule has 0 saturated heterocycles. The Bertz CT molecular complexity index is 260. The van der Waals surface area contributed by atoms with Crippen LogP contribution < -0.4 is 0 Å². The van der Waals surface area contributed by atoms with Gasteiger partial charge in [-0.15, -0.1) is 0 Å². The highest BCUT2D eigenvalue weighted by Crippen LogP contribution is 2.32. The standard InChI is InChI=1S/C13H20O/c1-10(2)7-11-8-12-5-3-4-6-13(12)14-9-11/h3,5,10-11H,4,6-9H2,1-2H3. The van der Waals surface area contributed by atoms with Crippen molar-refractivity contribution < 1.29 is 4.74 Å². The molecule has 0 N–H and O–H groups in total. The van der Waals surface area contributed by atoms with Crippen LogP contribution in [-0.2, 0) is 4.74 Å². The first-order valence-electron chi connectivity index (χ1n) is 5.77. The van der Waals surface area contributed by atoms with Crippen LogP contribution in [0.1, 0.15) is 39.5 Å². The van der Waals surface area contributed by atoms with Crippen molar-refractivity contribution in [3.05, 3.63) is 23.5 Å². The smallest absolute Gasteiger partial charge is 0.0994 e. The van der Waals surface area contributed by atoms with E-state index in [4.69, 9.17) is 4.74 Å². The van der Waals surface area contributed by atoms with Gasteiger partial charge in [0.25, 0.3) is 0 Å². The average molecular weight is 192 g/mol. The lowest BCUT2D eigenvalue weighted by Crippen LogP contribution is -2.19. The highest BCUT2D eigenvalue weighted by atomic mass is 16.5. The topological polar surface area (TPSA) is 9.23 Å². The maximum Gasteiger partial charge on any atom is 0.0994 e. The molecule has 0 radical (unpaired) electrons. The van der Waals surface area contributed by atoms with Gasteiger partial charge in [0.05, 0.1) is 12.4 Å². The average Bonchev–Trinajstić information content (AvgIpc) is 2.17. The fourth-order valence-electron chi connectivity index (χ4n) is 2.45. The van der Waals surface area contributed by atoms with E-state index in [0.717, 1.165) is 31.3 Å². The first kappa shape index (κ1) is 9.82. The molecule has 0 saturated carbocycles. The van der Waals surface area contributed by atoms with Crippen molar-refractivity contribution in [2.75, 3.05) is 6.61 Å². The van der Waals surface area contributed by atoms with Gasteiger partial charge in [-0.3, -0.25) is 0 Å². The largest absolute Gasteiger partial charge is 0.497 e. The fourth-order valence-corrected chi connectivity index (χ4v) is 2.45. The van der Waals surface area contributed by atoms with E-state index in [1.165, 1.54) is 24.2 Å². The molecule has 0 aromatic heterocycles. The summed E-state index contributed by atoms with van der Waals surface area (Å²) in [5, 5.41) is 0. The third-order valence-electron chi connectivity index (χ3n) is 3.02. The van der Waals surface area contributed by atoms with Gasteiger partial charge in [-0.1, -0.05) is 26.0 Å². The summed E-state index contributed by atoms with van der Waals surface area (Å²) in [7, 11) is 0. The summed E-state index contributed by atoms with van der Waals surface area (Å²) in [4.78, 5) is 0. The molecule has 1 nitrogen and oxygen atoms in total. The molecule has 1 atom stereocenters. The van der Waals surface area contributed by atoms with Gasteiger partial charge in [0, 0.05) is 6.42 Å². The molecule has 0 aromatic carbocycles. The second-order valence-corrected chi connectivity index (χ2v) is 4.90. The van der Waals surface area contributed by atoms with Gasteiger partial charge >= 0.3 is 0 Å². The first-order chi connectivity index (χ1) is 6.75. The molecular formula is C13H20O. The Hall–Kier alpha value is -0.720. The van der Waals surface area contributed by atoms with Gasteiger partial charge < -0.3 is 4.74 Å².